The molecule has 0 aliphatic carbocycles. The Morgan fingerprint density at radius 2 is 1.91 bits per heavy atom. The zero-order valence-electron chi connectivity index (χ0n) is 12.1. The zero-order valence-corrected chi connectivity index (χ0v) is 12.1. The van der Waals surface area contributed by atoms with Gasteiger partial charge in [0, 0.05) is 6.07 Å². The molecule has 2 aromatic heterocycles. The minimum absolute atomic E-state index is 0.107. The number of hydrogen-bond acceptors (Lipinski definition) is 5. The molecule has 0 bridgehead atoms. The van der Waals surface area contributed by atoms with Gasteiger partial charge in [-0.3, -0.25) is 4.79 Å². The SMILES string of the molecule is Cc1cc(C(=O)Nc2ccc(Oc3ccc(F)cc3)cn2)on1. The van der Waals surface area contributed by atoms with Crippen molar-refractivity contribution in [3.05, 3.63) is 65.9 Å². The van der Waals surface area contributed by atoms with Gasteiger partial charge in [0.15, 0.2) is 0 Å². The van der Waals surface area contributed by atoms with Crippen molar-refractivity contribution in [2.45, 2.75) is 6.92 Å². The van der Waals surface area contributed by atoms with Gasteiger partial charge in [0.25, 0.3) is 5.91 Å². The van der Waals surface area contributed by atoms with Gasteiger partial charge in [-0.25, -0.2) is 9.37 Å². The Bertz CT molecular complexity index is 813. The van der Waals surface area contributed by atoms with Crippen LogP contribution in [0.2, 0.25) is 0 Å². The molecule has 0 spiro atoms. The molecule has 3 aromatic rings. The number of carbonyl (C=O) groups is 1. The molecule has 2 heterocycles. The van der Waals surface area contributed by atoms with Crippen molar-refractivity contribution in [2.75, 3.05) is 5.32 Å². The average Bonchev–Trinajstić information content (AvgIpc) is 2.98. The van der Waals surface area contributed by atoms with Crippen molar-refractivity contribution in [1.82, 2.24) is 10.1 Å². The number of carbonyl (C=O) groups excluding carboxylic acids is 1. The van der Waals surface area contributed by atoms with Crippen molar-refractivity contribution >= 4 is 11.7 Å². The van der Waals surface area contributed by atoms with E-state index in [1.165, 1.54) is 36.5 Å². The fraction of sp³-hybridized carbons (Fsp3) is 0.0625. The predicted molar refractivity (Wildman–Crippen MR) is 79.9 cm³/mol. The van der Waals surface area contributed by atoms with Crippen LogP contribution < -0.4 is 10.1 Å². The fourth-order valence-electron chi connectivity index (χ4n) is 1.80. The Kier molecular flexibility index (Phi) is 4.01. The molecule has 1 amide bonds. The maximum atomic E-state index is 12.8. The summed E-state index contributed by atoms with van der Waals surface area (Å²) in [5, 5.41) is 6.22. The van der Waals surface area contributed by atoms with Crippen LogP contribution in [0.1, 0.15) is 16.2 Å². The monoisotopic (exact) mass is 313 g/mol. The van der Waals surface area contributed by atoms with Crippen molar-refractivity contribution in [3.63, 3.8) is 0 Å². The van der Waals surface area contributed by atoms with Gasteiger partial charge in [0.05, 0.1) is 11.9 Å². The van der Waals surface area contributed by atoms with E-state index in [4.69, 9.17) is 9.26 Å². The Balaban J connectivity index is 1.65. The normalized spacial score (nSPS) is 10.3. The third kappa shape index (κ3) is 3.70. The predicted octanol–water partition coefficient (Wildman–Crippen LogP) is 3.56. The molecule has 1 N–H and O–H groups in total. The maximum Gasteiger partial charge on any atom is 0.295 e. The molecule has 1 aromatic carbocycles. The topological polar surface area (TPSA) is 77.2 Å². The second kappa shape index (κ2) is 6.27. The number of aromatic nitrogens is 2. The zero-order chi connectivity index (χ0) is 16.2. The van der Waals surface area contributed by atoms with Crippen molar-refractivity contribution < 1.29 is 18.4 Å². The Labute approximate surface area is 130 Å². The molecule has 3 rings (SSSR count). The lowest BCUT2D eigenvalue weighted by atomic mass is 10.3. The first kappa shape index (κ1) is 14.7. The molecule has 0 saturated carbocycles. The summed E-state index contributed by atoms with van der Waals surface area (Å²) in [6.07, 6.45) is 1.45. The number of hydrogen-bond donors (Lipinski definition) is 1. The van der Waals surface area contributed by atoms with E-state index in [-0.39, 0.29) is 11.6 Å². The number of benzene rings is 1. The molecule has 23 heavy (non-hydrogen) atoms. The summed E-state index contributed by atoms with van der Waals surface area (Å²) in [4.78, 5) is 16.0. The third-order valence-corrected chi connectivity index (χ3v) is 2.88. The highest BCUT2D eigenvalue weighted by Crippen LogP contribution is 2.21. The molecule has 6 nitrogen and oxygen atoms in total. The van der Waals surface area contributed by atoms with Crippen molar-refractivity contribution in [1.29, 1.82) is 0 Å². The Morgan fingerprint density at radius 1 is 1.17 bits per heavy atom. The highest BCUT2D eigenvalue weighted by molar-refractivity contribution is 6.01. The number of nitrogens with one attached hydrogen (secondary N) is 1. The molecule has 0 unspecified atom stereocenters. The molecule has 0 atom stereocenters. The van der Waals surface area contributed by atoms with Gasteiger partial charge in [-0.1, -0.05) is 5.16 Å². The molecular formula is C16H12FN3O3. The summed E-state index contributed by atoms with van der Waals surface area (Å²) in [6, 6.07) is 10.4. The Hall–Kier alpha value is -3.22. The van der Waals surface area contributed by atoms with Crippen LogP contribution in [-0.2, 0) is 0 Å². The van der Waals surface area contributed by atoms with Gasteiger partial charge in [0.2, 0.25) is 5.76 Å². The lowest BCUT2D eigenvalue weighted by Crippen LogP contribution is -2.11. The maximum absolute atomic E-state index is 12.8. The molecule has 0 aliphatic rings. The Morgan fingerprint density at radius 3 is 2.52 bits per heavy atom. The summed E-state index contributed by atoms with van der Waals surface area (Å²) >= 11 is 0. The summed E-state index contributed by atoms with van der Waals surface area (Å²) < 4.78 is 23.2. The number of anilines is 1. The van der Waals surface area contributed by atoms with E-state index in [0.29, 0.717) is 23.0 Å². The van der Waals surface area contributed by atoms with E-state index in [1.807, 2.05) is 0 Å². The van der Waals surface area contributed by atoms with Crippen molar-refractivity contribution in [2.24, 2.45) is 0 Å². The van der Waals surface area contributed by atoms with Gasteiger partial charge in [-0.15, -0.1) is 0 Å². The molecule has 0 saturated heterocycles. The van der Waals surface area contributed by atoms with Gasteiger partial charge >= 0.3 is 0 Å². The van der Waals surface area contributed by atoms with Crippen LogP contribution in [0.5, 0.6) is 11.5 Å². The number of nitrogens with zero attached hydrogens (tertiary/aromatic N) is 2. The number of pyridine rings is 1. The molecule has 0 aliphatic heterocycles. The van der Waals surface area contributed by atoms with E-state index in [1.54, 1.807) is 19.1 Å². The van der Waals surface area contributed by atoms with Gasteiger partial charge in [-0.05, 0) is 43.3 Å². The quantitative estimate of drug-likeness (QED) is 0.797. The van der Waals surface area contributed by atoms with Crippen molar-refractivity contribution in [3.8, 4) is 11.5 Å². The van der Waals surface area contributed by atoms with Gasteiger partial charge in [0.1, 0.15) is 23.1 Å². The first-order valence-corrected chi connectivity index (χ1v) is 6.74. The van der Waals surface area contributed by atoms with Gasteiger partial charge in [-0.2, -0.15) is 0 Å². The summed E-state index contributed by atoms with van der Waals surface area (Å²) in [5.74, 6) is 0.625. The lowest BCUT2D eigenvalue weighted by molar-refractivity contribution is 0.0987. The van der Waals surface area contributed by atoms with Crippen LogP contribution in [0, 0.1) is 12.7 Å². The van der Waals surface area contributed by atoms with Crippen LogP contribution in [-0.4, -0.2) is 16.0 Å². The van der Waals surface area contributed by atoms with Crippen LogP contribution in [0.25, 0.3) is 0 Å². The summed E-state index contributed by atoms with van der Waals surface area (Å²) in [7, 11) is 0. The second-order valence-electron chi connectivity index (χ2n) is 4.72. The number of ether oxygens (including phenoxy) is 1. The van der Waals surface area contributed by atoms with Crippen LogP contribution in [0.3, 0.4) is 0 Å². The summed E-state index contributed by atoms with van der Waals surface area (Å²) in [6.45, 7) is 1.72. The first-order chi connectivity index (χ1) is 11.1. The van der Waals surface area contributed by atoms with Crippen LogP contribution >= 0.6 is 0 Å². The highest BCUT2D eigenvalue weighted by atomic mass is 19.1. The molecular weight excluding hydrogens is 301 g/mol. The smallest absolute Gasteiger partial charge is 0.295 e. The first-order valence-electron chi connectivity index (χ1n) is 6.74. The van der Waals surface area contributed by atoms with Crippen LogP contribution in [0.15, 0.2) is 53.2 Å². The number of rotatable bonds is 4. The lowest BCUT2D eigenvalue weighted by Gasteiger charge is -2.06. The van der Waals surface area contributed by atoms with E-state index < -0.39 is 5.91 Å². The van der Waals surface area contributed by atoms with E-state index in [9.17, 15) is 9.18 Å². The second-order valence-corrected chi connectivity index (χ2v) is 4.72. The van der Waals surface area contributed by atoms with E-state index in [0.717, 1.165) is 0 Å². The standard InChI is InChI=1S/C16H12FN3O3/c1-10-8-14(23-20-10)16(21)19-15-7-6-13(9-18-15)22-12-4-2-11(17)3-5-12/h2-9H,1H3,(H,18,19,21). The summed E-state index contributed by atoms with van der Waals surface area (Å²) in [5.41, 5.74) is 0.617. The number of aryl methyl sites for hydroxylation is 1. The molecule has 7 heteroatoms. The van der Waals surface area contributed by atoms with Crippen LogP contribution in [0.4, 0.5) is 10.2 Å². The van der Waals surface area contributed by atoms with E-state index >= 15 is 0 Å². The largest absolute Gasteiger partial charge is 0.456 e. The van der Waals surface area contributed by atoms with E-state index in [2.05, 4.69) is 15.5 Å². The minimum Gasteiger partial charge on any atom is -0.456 e. The minimum atomic E-state index is -0.440. The molecule has 0 fully saturated rings. The molecule has 116 valence electrons. The highest BCUT2D eigenvalue weighted by Gasteiger charge is 2.12. The van der Waals surface area contributed by atoms with Gasteiger partial charge < -0.3 is 14.6 Å². The number of halogens is 1. The fourth-order valence-corrected chi connectivity index (χ4v) is 1.80. The number of amides is 1. The third-order valence-electron chi connectivity index (χ3n) is 2.88. The average molecular weight is 313 g/mol. The molecule has 0 radical (unpaired) electrons.